The molecular formula is C19H20N4O6S. The third-order valence-corrected chi connectivity index (χ3v) is 6.34. The van der Waals surface area contributed by atoms with Gasteiger partial charge in [0.25, 0.3) is 5.69 Å². The lowest BCUT2D eigenvalue weighted by atomic mass is 10.2. The lowest BCUT2D eigenvalue weighted by molar-refractivity contribution is -0.385. The summed E-state index contributed by atoms with van der Waals surface area (Å²) in [5, 5.41) is 14.9. The quantitative estimate of drug-likeness (QED) is 0.392. The first-order valence-corrected chi connectivity index (χ1v) is 10.4. The minimum absolute atomic E-state index is 0.100. The van der Waals surface area contributed by atoms with Crippen molar-refractivity contribution in [3.8, 4) is 17.1 Å². The molecule has 0 aliphatic heterocycles. The van der Waals surface area contributed by atoms with Crippen LogP contribution in [0.25, 0.3) is 11.4 Å². The Kier molecular flexibility index (Phi) is 6.13. The Bertz CT molecular complexity index is 1140. The molecular weight excluding hydrogens is 412 g/mol. The number of methoxy groups -OCH3 is 1. The number of rotatable bonds is 8. The van der Waals surface area contributed by atoms with Crippen LogP contribution in [0.3, 0.4) is 0 Å². The average Bonchev–Trinajstić information content (AvgIpc) is 3.20. The van der Waals surface area contributed by atoms with Gasteiger partial charge < -0.3 is 9.26 Å². The van der Waals surface area contributed by atoms with E-state index in [0.717, 1.165) is 10.4 Å². The van der Waals surface area contributed by atoms with Crippen LogP contribution in [0.2, 0.25) is 0 Å². The molecule has 2 aromatic carbocycles. The maximum Gasteiger partial charge on any atom is 0.270 e. The highest BCUT2D eigenvalue weighted by Gasteiger charge is 2.30. The van der Waals surface area contributed by atoms with Crippen molar-refractivity contribution in [3.05, 3.63) is 64.5 Å². The Morgan fingerprint density at radius 3 is 2.50 bits per heavy atom. The highest BCUT2D eigenvalue weighted by Crippen LogP contribution is 2.25. The van der Waals surface area contributed by atoms with E-state index in [4.69, 9.17) is 9.26 Å². The van der Waals surface area contributed by atoms with Gasteiger partial charge in [0.15, 0.2) is 0 Å². The Morgan fingerprint density at radius 2 is 1.90 bits per heavy atom. The lowest BCUT2D eigenvalue weighted by Gasteiger charge is -2.24. The number of non-ortho nitro benzene ring substituents is 1. The number of benzene rings is 2. The molecule has 0 amide bonds. The van der Waals surface area contributed by atoms with Gasteiger partial charge in [0.05, 0.1) is 23.5 Å². The molecule has 0 aliphatic carbocycles. The largest absolute Gasteiger partial charge is 0.497 e. The second-order valence-corrected chi connectivity index (χ2v) is 8.53. The summed E-state index contributed by atoms with van der Waals surface area (Å²) < 4.78 is 37.7. The molecule has 30 heavy (non-hydrogen) atoms. The van der Waals surface area contributed by atoms with Crippen molar-refractivity contribution in [1.82, 2.24) is 14.4 Å². The van der Waals surface area contributed by atoms with Crippen LogP contribution < -0.4 is 4.74 Å². The fraction of sp³-hybridized carbons (Fsp3) is 0.263. The summed E-state index contributed by atoms with van der Waals surface area (Å²) in [7, 11) is -2.48. The standard InChI is InChI=1S/C19H20N4O6S/c1-13(2)22(30(26,27)17-6-4-5-15(11-17)23(24)25)12-18-20-19(21-29-18)14-7-9-16(28-3)10-8-14/h4-11,13H,12H2,1-3H3. The van der Waals surface area contributed by atoms with Crippen LogP contribution in [0.1, 0.15) is 19.7 Å². The average molecular weight is 432 g/mol. The van der Waals surface area contributed by atoms with E-state index in [0.29, 0.717) is 17.1 Å². The fourth-order valence-corrected chi connectivity index (χ4v) is 4.37. The molecule has 158 valence electrons. The molecule has 1 aromatic heterocycles. The van der Waals surface area contributed by atoms with Crippen molar-refractivity contribution in [2.45, 2.75) is 31.3 Å². The van der Waals surface area contributed by atoms with Gasteiger partial charge in [-0.1, -0.05) is 11.2 Å². The van der Waals surface area contributed by atoms with Gasteiger partial charge in [-0.25, -0.2) is 8.42 Å². The second-order valence-electron chi connectivity index (χ2n) is 6.64. The minimum atomic E-state index is -4.03. The van der Waals surface area contributed by atoms with E-state index in [9.17, 15) is 18.5 Å². The first-order valence-electron chi connectivity index (χ1n) is 8.95. The van der Waals surface area contributed by atoms with E-state index in [2.05, 4.69) is 10.1 Å². The summed E-state index contributed by atoms with van der Waals surface area (Å²) in [5.41, 5.74) is 0.378. The van der Waals surface area contributed by atoms with Crippen molar-refractivity contribution in [2.75, 3.05) is 7.11 Å². The van der Waals surface area contributed by atoms with Gasteiger partial charge in [0, 0.05) is 23.7 Å². The van der Waals surface area contributed by atoms with Crippen LogP contribution in [0.4, 0.5) is 5.69 Å². The number of hydrogen-bond acceptors (Lipinski definition) is 8. The van der Waals surface area contributed by atoms with E-state index in [-0.39, 0.29) is 23.0 Å². The van der Waals surface area contributed by atoms with Crippen LogP contribution in [0.15, 0.2) is 57.9 Å². The van der Waals surface area contributed by atoms with Crippen molar-refractivity contribution in [2.24, 2.45) is 0 Å². The predicted octanol–water partition coefficient (Wildman–Crippen LogP) is 3.25. The molecule has 0 bridgehead atoms. The number of hydrogen-bond donors (Lipinski definition) is 0. The van der Waals surface area contributed by atoms with Gasteiger partial charge >= 0.3 is 0 Å². The van der Waals surface area contributed by atoms with Gasteiger partial charge in [-0.3, -0.25) is 10.1 Å². The van der Waals surface area contributed by atoms with E-state index in [1.54, 1.807) is 45.2 Å². The first-order chi connectivity index (χ1) is 14.2. The molecule has 0 fully saturated rings. The Hall–Kier alpha value is -3.31. The summed E-state index contributed by atoms with van der Waals surface area (Å²) in [6.45, 7) is 3.21. The molecule has 11 heteroatoms. The SMILES string of the molecule is COc1ccc(-c2noc(CN(C(C)C)S(=O)(=O)c3cccc([N+](=O)[O-])c3)n2)cc1. The number of nitro groups is 1. The number of aromatic nitrogens is 2. The van der Waals surface area contributed by atoms with Crippen LogP contribution >= 0.6 is 0 Å². The molecule has 3 rings (SSSR count). The smallest absolute Gasteiger partial charge is 0.270 e. The molecule has 3 aromatic rings. The predicted molar refractivity (Wildman–Crippen MR) is 107 cm³/mol. The number of nitro benzene ring substituents is 1. The third-order valence-electron chi connectivity index (χ3n) is 4.32. The van der Waals surface area contributed by atoms with Crippen LogP contribution in [0.5, 0.6) is 5.75 Å². The van der Waals surface area contributed by atoms with Gasteiger partial charge in [-0.05, 0) is 44.2 Å². The zero-order valence-corrected chi connectivity index (χ0v) is 17.4. The van der Waals surface area contributed by atoms with Crippen molar-refractivity contribution < 1.29 is 22.6 Å². The maximum atomic E-state index is 13.1. The first kappa shape index (κ1) is 21.4. The van der Waals surface area contributed by atoms with Gasteiger partial charge in [-0.2, -0.15) is 9.29 Å². The Balaban J connectivity index is 1.88. The topological polar surface area (TPSA) is 129 Å². The summed E-state index contributed by atoms with van der Waals surface area (Å²) in [6, 6.07) is 11.5. The van der Waals surface area contributed by atoms with E-state index in [1.807, 2.05) is 0 Å². The molecule has 10 nitrogen and oxygen atoms in total. The number of ether oxygens (including phenoxy) is 1. The van der Waals surface area contributed by atoms with Gasteiger partial charge in [-0.15, -0.1) is 0 Å². The van der Waals surface area contributed by atoms with E-state index in [1.165, 1.54) is 18.2 Å². The molecule has 0 saturated heterocycles. The molecule has 0 spiro atoms. The lowest BCUT2D eigenvalue weighted by Crippen LogP contribution is -2.36. The Labute approximate surface area is 173 Å². The summed E-state index contributed by atoms with van der Waals surface area (Å²) in [6.07, 6.45) is 0. The highest BCUT2D eigenvalue weighted by atomic mass is 32.2. The van der Waals surface area contributed by atoms with Gasteiger partial charge in [0.1, 0.15) is 5.75 Å². The molecule has 0 aliphatic rings. The third kappa shape index (κ3) is 4.47. The van der Waals surface area contributed by atoms with Crippen molar-refractivity contribution >= 4 is 15.7 Å². The molecule has 0 radical (unpaired) electrons. The summed E-state index contributed by atoms with van der Waals surface area (Å²) >= 11 is 0. The summed E-state index contributed by atoms with van der Waals surface area (Å²) in [4.78, 5) is 14.5. The minimum Gasteiger partial charge on any atom is -0.497 e. The van der Waals surface area contributed by atoms with Gasteiger partial charge in [0.2, 0.25) is 21.7 Å². The highest BCUT2D eigenvalue weighted by molar-refractivity contribution is 7.89. The second kappa shape index (κ2) is 8.59. The zero-order valence-electron chi connectivity index (χ0n) is 16.5. The number of nitrogens with zero attached hydrogens (tertiary/aromatic N) is 4. The van der Waals surface area contributed by atoms with Crippen LogP contribution in [0, 0.1) is 10.1 Å². The van der Waals surface area contributed by atoms with Crippen molar-refractivity contribution in [3.63, 3.8) is 0 Å². The number of sulfonamides is 1. The Morgan fingerprint density at radius 1 is 1.20 bits per heavy atom. The molecule has 0 N–H and O–H groups in total. The monoisotopic (exact) mass is 432 g/mol. The zero-order chi connectivity index (χ0) is 21.9. The molecule has 0 unspecified atom stereocenters. The van der Waals surface area contributed by atoms with E-state index < -0.39 is 21.0 Å². The fourth-order valence-electron chi connectivity index (χ4n) is 2.75. The molecule has 0 saturated carbocycles. The maximum absolute atomic E-state index is 13.1. The molecule has 0 atom stereocenters. The van der Waals surface area contributed by atoms with Crippen LogP contribution in [-0.2, 0) is 16.6 Å². The normalized spacial score (nSPS) is 11.8. The molecule has 1 heterocycles. The van der Waals surface area contributed by atoms with Crippen LogP contribution in [-0.4, -0.2) is 40.9 Å². The van der Waals surface area contributed by atoms with E-state index >= 15 is 0 Å². The summed E-state index contributed by atoms with van der Waals surface area (Å²) in [5.74, 6) is 1.09. The van der Waals surface area contributed by atoms with Crippen molar-refractivity contribution in [1.29, 1.82) is 0 Å².